The highest BCUT2D eigenvalue weighted by atomic mass is 16.4. The molecule has 1 aromatic carbocycles. The van der Waals surface area contributed by atoms with Crippen LogP contribution in [0.2, 0.25) is 0 Å². The zero-order valence-corrected chi connectivity index (χ0v) is 15.4. The van der Waals surface area contributed by atoms with Crippen LogP contribution >= 0.6 is 0 Å². The third-order valence-electron chi connectivity index (χ3n) is 3.67. The Bertz CT molecular complexity index is 766. The molecule has 0 aromatic heterocycles. The normalized spacial score (nSPS) is 12.3. The molecule has 12 nitrogen and oxygen atoms in total. The maximum Gasteiger partial charge on any atom is 0.322 e. The minimum Gasteiger partial charge on any atom is -0.508 e. The van der Waals surface area contributed by atoms with Crippen LogP contribution in [-0.4, -0.2) is 65.0 Å². The lowest BCUT2D eigenvalue weighted by molar-refractivity contribution is -0.138. The van der Waals surface area contributed by atoms with E-state index >= 15 is 0 Å². The van der Waals surface area contributed by atoms with E-state index < -0.39 is 54.6 Å². The van der Waals surface area contributed by atoms with Gasteiger partial charge in [-0.2, -0.15) is 0 Å². The van der Waals surface area contributed by atoms with Gasteiger partial charge in [0.25, 0.3) is 0 Å². The van der Waals surface area contributed by atoms with Crippen LogP contribution in [0.25, 0.3) is 0 Å². The van der Waals surface area contributed by atoms with Crippen molar-refractivity contribution in [1.82, 2.24) is 16.0 Å². The summed E-state index contributed by atoms with van der Waals surface area (Å²) in [6, 6.07) is 3.26. The van der Waals surface area contributed by atoms with E-state index in [9.17, 15) is 29.1 Å². The minimum atomic E-state index is -1.43. The van der Waals surface area contributed by atoms with E-state index in [0.29, 0.717) is 5.56 Å². The number of carboxylic acid groups (broad SMARTS) is 1. The molecule has 0 aliphatic carbocycles. The number of carboxylic acids is 1. The van der Waals surface area contributed by atoms with Gasteiger partial charge in [0.15, 0.2) is 0 Å². The van der Waals surface area contributed by atoms with Crippen molar-refractivity contribution in [2.75, 3.05) is 13.1 Å². The van der Waals surface area contributed by atoms with E-state index in [0.717, 1.165) is 0 Å². The Hall–Kier alpha value is -3.67. The smallest absolute Gasteiger partial charge is 0.322 e. The molecule has 0 heterocycles. The number of primary amides is 1. The average Bonchev–Trinajstić information content (AvgIpc) is 2.66. The van der Waals surface area contributed by atoms with Crippen LogP contribution in [0.1, 0.15) is 12.0 Å². The Morgan fingerprint density at radius 3 is 2.10 bits per heavy atom. The highest BCUT2D eigenvalue weighted by Crippen LogP contribution is 2.11. The molecule has 0 saturated heterocycles. The molecule has 0 aliphatic rings. The van der Waals surface area contributed by atoms with Crippen molar-refractivity contribution in [3.8, 4) is 5.75 Å². The van der Waals surface area contributed by atoms with E-state index in [1.165, 1.54) is 24.3 Å². The summed E-state index contributed by atoms with van der Waals surface area (Å²) in [7, 11) is 0. The summed E-state index contributed by atoms with van der Waals surface area (Å²) in [6.07, 6.45) is -0.578. The largest absolute Gasteiger partial charge is 0.508 e. The average molecular weight is 409 g/mol. The SMILES string of the molecule is NCC(=O)N[C@@H](Cc1ccc(O)cc1)C(=O)N[C@@H](CC(N)=O)C(=O)NCC(=O)O. The summed E-state index contributed by atoms with van der Waals surface area (Å²) in [5.74, 6) is -4.57. The number of phenolic OH excluding ortho intramolecular Hbond substituents is 1. The fraction of sp³-hybridized carbons (Fsp3) is 0.353. The minimum absolute atomic E-state index is 0.00209. The van der Waals surface area contributed by atoms with Crippen LogP contribution in [0.4, 0.5) is 0 Å². The van der Waals surface area contributed by atoms with Crippen LogP contribution in [0.3, 0.4) is 0 Å². The van der Waals surface area contributed by atoms with E-state index in [2.05, 4.69) is 10.6 Å². The Kier molecular flexibility index (Phi) is 9.05. The first-order valence-corrected chi connectivity index (χ1v) is 8.48. The lowest BCUT2D eigenvalue weighted by atomic mass is 10.0. The molecule has 1 rings (SSSR count). The molecule has 1 aromatic rings. The Morgan fingerprint density at radius 2 is 1.59 bits per heavy atom. The monoisotopic (exact) mass is 409 g/mol. The van der Waals surface area contributed by atoms with Crippen LogP contribution in [-0.2, 0) is 30.4 Å². The molecule has 158 valence electrons. The topological polar surface area (TPSA) is 214 Å². The molecule has 0 radical (unpaired) electrons. The molecule has 0 unspecified atom stereocenters. The van der Waals surface area contributed by atoms with Crippen molar-refractivity contribution in [2.45, 2.75) is 24.9 Å². The number of benzene rings is 1. The number of carbonyl (C=O) groups excluding carboxylic acids is 4. The van der Waals surface area contributed by atoms with Crippen LogP contribution < -0.4 is 27.4 Å². The number of amides is 4. The zero-order valence-electron chi connectivity index (χ0n) is 15.4. The molecular formula is C17H23N5O7. The van der Waals surface area contributed by atoms with Gasteiger partial charge in [0.2, 0.25) is 23.6 Å². The van der Waals surface area contributed by atoms with Gasteiger partial charge in [-0.25, -0.2) is 0 Å². The number of nitrogens with one attached hydrogen (secondary N) is 3. The second-order valence-corrected chi connectivity index (χ2v) is 6.04. The van der Waals surface area contributed by atoms with Crippen molar-refractivity contribution in [1.29, 1.82) is 0 Å². The summed E-state index contributed by atoms with van der Waals surface area (Å²) < 4.78 is 0. The molecule has 0 fully saturated rings. The second-order valence-electron chi connectivity index (χ2n) is 6.04. The van der Waals surface area contributed by atoms with Gasteiger partial charge in [-0.05, 0) is 17.7 Å². The van der Waals surface area contributed by atoms with E-state index in [4.69, 9.17) is 16.6 Å². The number of hydrogen-bond acceptors (Lipinski definition) is 7. The van der Waals surface area contributed by atoms with Gasteiger partial charge in [-0.3, -0.25) is 24.0 Å². The lowest BCUT2D eigenvalue weighted by Crippen LogP contribution is -2.56. The maximum atomic E-state index is 12.6. The van der Waals surface area contributed by atoms with Crippen molar-refractivity contribution >= 4 is 29.6 Å². The predicted molar refractivity (Wildman–Crippen MR) is 99.2 cm³/mol. The van der Waals surface area contributed by atoms with Gasteiger partial charge in [0, 0.05) is 6.42 Å². The Labute approximate surface area is 165 Å². The number of hydrogen-bond donors (Lipinski definition) is 7. The lowest BCUT2D eigenvalue weighted by Gasteiger charge is -2.22. The molecule has 29 heavy (non-hydrogen) atoms. The Morgan fingerprint density at radius 1 is 0.966 bits per heavy atom. The fourth-order valence-electron chi connectivity index (χ4n) is 2.30. The zero-order chi connectivity index (χ0) is 22.0. The molecule has 0 spiro atoms. The molecule has 4 amide bonds. The quantitative estimate of drug-likeness (QED) is 0.199. The van der Waals surface area contributed by atoms with Crippen molar-refractivity contribution in [3.63, 3.8) is 0 Å². The predicted octanol–water partition coefficient (Wildman–Crippen LogP) is -3.06. The molecule has 0 bridgehead atoms. The molecule has 9 N–H and O–H groups in total. The molecule has 0 saturated carbocycles. The van der Waals surface area contributed by atoms with E-state index in [1.807, 2.05) is 5.32 Å². The molecule has 12 heteroatoms. The van der Waals surface area contributed by atoms with Crippen LogP contribution in [0, 0.1) is 0 Å². The van der Waals surface area contributed by atoms with Gasteiger partial charge < -0.3 is 37.6 Å². The van der Waals surface area contributed by atoms with E-state index in [-0.39, 0.29) is 18.7 Å². The molecule has 0 aliphatic heterocycles. The number of rotatable bonds is 11. The fourth-order valence-corrected chi connectivity index (χ4v) is 2.30. The summed E-state index contributed by atoms with van der Waals surface area (Å²) >= 11 is 0. The summed E-state index contributed by atoms with van der Waals surface area (Å²) in [5, 5.41) is 24.7. The standard InChI is InChI=1S/C17H23N5O7/c18-7-14(25)21-11(5-9-1-3-10(23)4-2-9)17(29)22-12(6-13(19)24)16(28)20-8-15(26)27/h1-4,11-12,23H,5-8,18H2,(H2,19,24)(H,20,28)(H,21,25)(H,22,29)(H,26,27)/t11-,12-/m0/s1. The van der Waals surface area contributed by atoms with Gasteiger partial charge >= 0.3 is 5.97 Å². The third kappa shape index (κ3) is 8.71. The number of aromatic hydroxyl groups is 1. The molecular weight excluding hydrogens is 386 g/mol. The van der Waals surface area contributed by atoms with Crippen LogP contribution in [0.15, 0.2) is 24.3 Å². The van der Waals surface area contributed by atoms with Gasteiger partial charge in [0.1, 0.15) is 24.4 Å². The number of phenols is 1. The second kappa shape index (κ2) is 11.2. The van der Waals surface area contributed by atoms with Crippen molar-refractivity contribution in [3.05, 3.63) is 29.8 Å². The first-order valence-electron chi connectivity index (χ1n) is 8.48. The molecule has 2 atom stereocenters. The number of nitrogens with two attached hydrogens (primary N) is 2. The summed E-state index contributed by atoms with van der Waals surface area (Å²) in [5.41, 5.74) is 10.9. The number of aliphatic carboxylic acids is 1. The first kappa shape index (κ1) is 23.4. The van der Waals surface area contributed by atoms with Crippen molar-refractivity contribution in [2.24, 2.45) is 11.5 Å². The highest BCUT2D eigenvalue weighted by molar-refractivity contribution is 5.95. The van der Waals surface area contributed by atoms with E-state index in [1.54, 1.807) is 0 Å². The summed E-state index contributed by atoms with van der Waals surface area (Å²) in [4.78, 5) is 58.2. The highest BCUT2D eigenvalue weighted by Gasteiger charge is 2.28. The van der Waals surface area contributed by atoms with Gasteiger partial charge in [-0.15, -0.1) is 0 Å². The first-order chi connectivity index (χ1) is 13.6. The number of carbonyl (C=O) groups is 5. The van der Waals surface area contributed by atoms with Crippen LogP contribution in [0.5, 0.6) is 5.75 Å². The maximum absolute atomic E-state index is 12.6. The van der Waals surface area contributed by atoms with Crippen molar-refractivity contribution < 1.29 is 34.2 Å². The summed E-state index contributed by atoms with van der Waals surface area (Å²) in [6.45, 7) is -1.10. The third-order valence-corrected chi connectivity index (χ3v) is 3.67. The van der Waals surface area contributed by atoms with Gasteiger partial charge in [0.05, 0.1) is 13.0 Å². The Balaban J connectivity index is 2.95. The van der Waals surface area contributed by atoms with Gasteiger partial charge in [-0.1, -0.05) is 12.1 Å².